The topological polar surface area (TPSA) is 111 Å². The van der Waals surface area contributed by atoms with Crippen LogP contribution in [0.1, 0.15) is 36.2 Å². The molecule has 0 bridgehead atoms. The minimum Gasteiger partial charge on any atom is -0.481 e. The van der Waals surface area contributed by atoms with Gasteiger partial charge >= 0.3 is 5.97 Å². The summed E-state index contributed by atoms with van der Waals surface area (Å²) in [6.07, 6.45) is 1.06. The van der Waals surface area contributed by atoms with Crippen LogP contribution in [0.25, 0.3) is 0 Å². The molecule has 1 saturated carbocycles. The Hall–Kier alpha value is -2.41. The molecule has 0 unspecified atom stereocenters. The van der Waals surface area contributed by atoms with Crippen molar-refractivity contribution in [1.82, 2.24) is 15.2 Å². The van der Waals surface area contributed by atoms with Gasteiger partial charge in [-0.25, -0.2) is 4.98 Å². The Kier molecular flexibility index (Phi) is 3.81. The van der Waals surface area contributed by atoms with Crippen molar-refractivity contribution in [3.8, 4) is 0 Å². The van der Waals surface area contributed by atoms with Gasteiger partial charge in [0.15, 0.2) is 5.82 Å². The summed E-state index contributed by atoms with van der Waals surface area (Å²) in [6, 6.07) is 5.53. The zero-order valence-corrected chi connectivity index (χ0v) is 13.1. The van der Waals surface area contributed by atoms with E-state index in [0.717, 1.165) is 11.3 Å². The molecule has 0 aromatic carbocycles. The first-order valence-corrected chi connectivity index (χ1v) is 7.59. The zero-order valence-electron chi connectivity index (χ0n) is 13.1. The molecular formula is C16H20N4O3. The van der Waals surface area contributed by atoms with E-state index in [4.69, 9.17) is 5.11 Å². The van der Waals surface area contributed by atoms with E-state index in [1.807, 2.05) is 32.0 Å². The number of H-pyrrole nitrogens is 1. The van der Waals surface area contributed by atoms with Crippen LogP contribution in [-0.2, 0) is 10.4 Å². The van der Waals surface area contributed by atoms with Gasteiger partial charge in [0, 0.05) is 11.8 Å². The quantitative estimate of drug-likeness (QED) is 0.688. The first kappa shape index (κ1) is 15.5. The van der Waals surface area contributed by atoms with Crippen LogP contribution in [0.4, 0.5) is 11.6 Å². The molecule has 7 nitrogen and oxygen atoms in total. The Morgan fingerprint density at radius 3 is 2.74 bits per heavy atom. The molecule has 0 radical (unpaired) electrons. The van der Waals surface area contributed by atoms with Crippen molar-refractivity contribution in [2.24, 2.45) is 5.92 Å². The van der Waals surface area contributed by atoms with Crippen LogP contribution in [0, 0.1) is 19.8 Å². The molecule has 2 heterocycles. The molecule has 0 aliphatic heterocycles. The number of aromatic amines is 1. The summed E-state index contributed by atoms with van der Waals surface area (Å²) < 4.78 is 0. The number of aryl methyl sites for hydroxylation is 2. The first-order valence-electron chi connectivity index (χ1n) is 7.59. The molecule has 122 valence electrons. The van der Waals surface area contributed by atoms with Crippen LogP contribution in [0.15, 0.2) is 18.2 Å². The highest BCUT2D eigenvalue weighted by molar-refractivity contribution is 5.70. The smallest absolute Gasteiger partial charge is 0.306 e. The number of hydrogen-bond acceptors (Lipinski definition) is 5. The number of carboxylic acids is 1. The number of nitrogens with one attached hydrogen (secondary N) is 2. The maximum absolute atomic E-state index is 11.1. The maximum Gasteiger partial charge on any atom is 0.306 e. The third-order valence-corrected chi connectivity index (χ3v) is 4.25. The van der Waals surface area contributed by atoms with Gasteiger partial charge in [0.2, 0.25) is 0 Å². The van der Waals surface area contributed by atoms with E-state index >= 15 is 0 Å². The van der Waals surface area contributed by atoms with Crippen LogP contribution in [0.3, 0.4) is 0 Å². The average molecular weight is 316 g/mol. The van der Waals surface area contributed by atoms with E-state index < -0.39 is 17.5 Å². The van der Waals surface area contributed by atoms with Crippen molar-refractivity contribution in [3.63, 3.8) is 0 Å². The number of pyridine rings is 1. The summed E-state index contributed by atoms with van der Waals surface area (Å²) in [7, 11) is 0. The minimum absolute atomic E-state index is 0.194. The lowest BCUT2D eigenvalue weighted by Gasteiger charge is -2.23. The van der Waals surface area contributed by atoms with Crippen LogP contribution < -0.4 is 5.32 Å². The van der Waals surface area contributed by atoms with Gasteiger partial charge in [-0.2, -0.15) is 5.10 Å². The van der Waals surface area contributed by atoms with Gasteiger partial charge in [0.25, 0.3) is 0 Å². The number of nitrogens with zero attached hydrogens (tertiary/aromatic N) is 2. The lowest BCUT2D eigenvalue weighted by Crippen LogP contribution is -2.25. The first-order chi connectivity index (χ1) is 10.9. The molecule has 1 aliphatic rings. The number of carboxylic acid groups (broad SMARTS) is 1. The van der Waals surface area contributed by atoms with Crippen molar-refractivity contribution < 1.29 is 15.0 Å². The van der Waals surface area contributed by atoms with Crippen LogP contribution >= 0.6 is 0 Å². The summed E-state index contributed by atoms with van der Waals surface area (Å²) in [6.45, 7) is 3.82. The zero-order chi connectivity index (χ0) is 16.6. The molecule has 7 heteroatoms. The molecule has 0 spiro atoms. The summed E-state index contributed by atoms with van der Waals surface area (Å²) in [5.74, 6) is -0.154. The molecule has 1 aliphatic carbocycles. The molecule has 3 rings (SSSR count). The molecule has 0 saturated heterocycles. The Balaban J connectivity index is 1.87. The number of carbonyl (C=O) groups is 1. The molecule has 23 heavy (non-hydrogen) atoms. The summed E-state index contributed by atoms with van der Waals surface area (Å²) in [5, 5.41) is 30.0. The maximum atomic E-state index is 11.1. The Bertz CT molecular complexity index is 743. The van der Waals surface area contributed by atoms with E-state index in [-0.39, 0.29) is 6.42 Å². The summed E-state index contributed by atoms with van der Waals surface area (Å²) in [5.41, 5.74) is 1.19. The highest BCUT2D eigenvalue weighted by Gasteiger charge is 2.43. The standard InChI is InChI=1S/C16H20N4O3/c1-9-5-12(16(23)4-3-11(8-16)15(21)22)17-13(6-9)18-14-7-10(2)19-20-14/h5-7,11,23H,3-4,8H2,1-2H3,(H,21,22)(H2,17,18,19,20)/t11-,16+/m0/s1. The predicted octanol–water partition coefficient (Wildman–Crippen LogP) is 2.24. The molecule has 0 amide bonds. The minimum atomic E-state index is -1.19. The number of aromatic nitrogens is 3. The SMILES string of the molecule is Cc1cc(Nc2cc(C)[nH]n2)nc([C@@]2(O)CC[C@H](C(=O)O)C2)c1. The molecule has 2 aromatic rings. The number of hydrogen-bond donors (Lipinski definition) is 4. The Morgan fingerprint density at radius 2 is 2.13 bits per heavy atom. The average Bonchev–Trinajstić information content (AvgIpc) is 3.06. The second kappa shape index (κ2) is 5.66. The van der Waals surface area contributed by atoms with Crippen LogP contribution in [0.2, 0.25) is 0 Å². The molecular weight excluding hydrogens is 296 g/mol. The van der Waals surface area contributed by atoms with Gasteiger partial charge in [-0.1, -0.05) is 0 Å². The fraction of sp³-hybridized carbons (Fsp3) is 0.438. The number of aliphatic carboxylic acids is 1. The van der Waals surface area contributed by atoms with Crippen LogP contribution in [-0.4, -0.2) is 31.4 Å². The second-order valence-electron chi connectivity index (χ2n) is 6.29. The van der Waals surface area contributed by atoms with Crippen molar-refractivity contribution in [2.75, 3.05) is 5.32 Å². The van der Waals surface area contributed by atoms with Crippen molar-refractivity contribution in [1.29, 1.82) is 0 Å². The third-order valence-electron chi connectivity index (χ3n) is 4.25. The highest BCUT2D eigenvalue weighted by Crippen LogP contribution is 2.42. The largest absolute Gasteiger partial charge is 0.481 e. The van der Waals surface area contributed by atoms with Gasteiger partial charge in [0.1, 0.15) is 11.4 Å². The highest BCUT2D eigenvalue weighted by atomic mass is 16.4. The predicted molar refractivity (Wildman–Crippen MR) is 84.5 cm³/mol. The molecule has 2 atom stereocenters. The van der Waals surface area contributed by atoms with Crippen molar-refractivity contribution >= 4 is 17.6 Å². The fourth-order valence-corrected chi connectivity index (χ4v) is 3.05. The van der Waals surface area contributed by atoms with Crippen molar-refractivity contribution in [2.45, 2.75) is 38.7 Å². The van der Waals surface area contributed by atoms with E-state index in [1.165, 1.54) is 0 Å². The summed E-state index contributed by atoms with van der Waals surface area (Å²) >= 11 is 0. The molecule has 2 aromatic heterocycles. The van der Waals surface area contributed by atoms with Gasteiger partial charge < -0.3 is 15.5 Å². The third kappa shape index (κ3) is 3.19. The lowest BCUT2D eigenvalue weighted by atomic mass is 9.94. The van der Waals surface area contributed by atoms with E-state index in [0.29, 0.717) is 30.2 Å². The van der Waals surface area contributed by atoms with E-state index in [2.05, 4.69) is 20.5 Å². The normalized spacial score (nSPS) is 23.9. The molecule has 1 fully saturated rings. The monoisotopic (exact) mass is 316 g/mol. The van der Waals surface area contributed by atoms with E-state index in [9.17, 15) is 9.90 Å². The summed E-state index contributed by atoms with van der Waals surface area (Å²) in [4.78, 5) is 15.6. The Labute approximate surface area is 133 Å². The number of aliphatic hydroxyl groups is 1. The van der Waals surface area contributed by atoms with Gasteiger partial charge in [0.05, 0.1) is 11.6 Å². The van der Waals surface area contributed by atoms with Gasteiger partial charge in [-0.05, 0) is 50.8 Å². The number of anilines is 2. The second-order valence-corrected chi connectivity index (χ2v) is 6.29. The molecule has 4 N–H and O–H groups in total. The fourth-order valence-electron chi connectivity index (χ4n) is 3.05. The number of rotatable bonds is 4. The van der Waals surface area contributed by atoms with Gasteiger partial charge in [-0.3, -0.25) is 9.89 Å². The van der Waals surface area contributed by atoms with Crippen LogP contribution in [0.5, 0.6) is 0 Å². The Morgan fingerprint density at radius 1 is 1.35 bits per heavy atom. The van der Waals surface area contributed by atoms with Crippen molar-refractivity contribution in [3.05, 3.63) is 35.2 Å². The van der Waals surface area contributed by atoms with E-state index in [1.54, 1.807) is 0 Å². The van der Waals surface area contributed by atoms with Gasteiger partial charge in [-0.15, -0.1) is 0 Å². The lowest BCUT2D eigenvalue weighted by molar-refractivity contribution is -0.142.